The summed E-state index contributed by atoms with van der Waals surface area (Å²) < 4.78 is 28.3. The molecule has 6 nitrogen and oxygen atoms in total. The summed E-state index contributed by atoms with van der Waals surface area (Å²) in [5, 5.41) is 12.0. The van der Waals surface area contributed by atoms with Gasteiger partial charge in [0.2, 0.25) is 0 Å². The Balaban J connectivity index is 4.17. The van der Waals surface area contributed by atoms with Crippen molar-refractivity contribution in [2.75, 3.05) is 39.1 Å². The molecule has 0 rings (SSSR count). The van der Waals surface area contributed by atoms with E-state index in [4.69, 9.17) is 18.9 Å². The summed E-state index contributed by atoms with van der Waals surface area (Å²) >= 11 is 0. The Labute approximate surface area is 122 Å². The van der Waals surface area contributed by atoms with Crippen LogP contribution in [-0.2, 0) is 18.3 Å². The molecule has 2 N–H and O–H groups in total. The first-order valence-corrected chi connectivity index (χ1v) is 8.77. The molecule has 0 aromatic carbocycles. The van der Waals surface area contributed by atoms with Crippen molar-refractivity contribution < 1.29 is 23.5 Å². The summed E-state index contributed by atoms with van der Waals surface area (Å²) in [4.78, 5) is 0. The molecule has 20 heavy (non-hydrogen) atoms. The third kappa shape index (κ3) is 11.8. The molecule has 0 aliphatic heterocycles. The molecule has 0 aromatic heterocycles. The number of nitrogens with one attached hydrogen (secondary N) is 1. The Kier molecular flexibility index (Phi) is 9.89. The van der Waals surface area contributed by atoms with Gasteiger partial charge in [-0.15, -0.1) is 0 Å². The first-order chi connectivity index (χ1) is 9.18. The van der Waals surface area contributed by atoms with Gasteiger partial charge in [0, 0.05) is 12.1 Å². The van der Waals surface area contributed by atoms with Crippen molar-refractivity contribution in [2.24, 2.45) is 0 Å². The smallest absolute Gasteiger partial charge is 0.332 e. The van der Waals surface area contributed by atoms with Crippen LogP contribution in [0.25, 0.3) is 0 Å². The van der Waals surface area contributed by atoms with Gasteiger partial charge in [0.05, 0.1) is 38.7 Å². The molecule has 0 radical (unpaired) electrons. The highest BCUT2D eigenvalue weighted by Gasteiger charge is 2.25. The first-order valence-electron chi connectivity index (χ1n) is 7.04. The highest BCUT2D eigenvalue weighted by Crippen LogP contribution is 2.47. The molecule has 0 bridgehead atoms. The predicted octanol–water partition coefficient (Wildman–Crippen LogP) is 2.02. The van der Waals surface area contributed by atoms with Crippen molar-refractivity contribution in [1.29, 1.82) is 0 Å². The van der Waals surface area contributed by atoms with Crippen LogP contribution < -0.4 is 5.32 Å². The van der Waals surface area contributed by atoms with E-state index < -0.39 is 7.60 Å². The van der Waals surface area contributed by atoms with Crippen molar-refractivity contribution in [1.82, 2.24) is 5.32 Å². The Morgan fingerprint density at radius 3 is 2.25 bits per heavy atom. The van der Waals surface area contributed by atoms with Gasteiger partial charge in [0.25, 0.3) is 0 Å². The zero-order valence-electron chi connectivity index (χ0n) is 13.3. The van der Waals surface area contributed by atoms with E-state index in [1.165, 1.54) is 0 Å². The van der Waals surface area contributed by atoms with Crippen LogP contribution in [0.2, 0.25) is 0 Å². The summed E-state index contributed by atoms with van der Waals surface area (Å²) in [6.07, 6.45) is 0.380. The van der Waals surface area contributed by atoms with Crippen molar-refractivity contribution in [3.8, 4) is 0 Å². The van der Waals surface area contributed by atoms with Gasteiger partial charge in [-0.1, -0.05) is 0 Å². The average Bonchev–Trinajstić information content (AvgIpc) is 2.30. The van der Waals surface area contributed by atoms with Crippen molar-refractivity contribution >= 4 is 7.60 Å². The van der Waals surface area contributed by atoms with Crippen LogP contribution in [0.5, 0.6) is 0 Å². The quantitative estimate of drug-likeness (QED) is 0.449. The normalized spacial score (nSPS) is 15.6. The molecule has 0 saturated carbocycles. The highest BCUT2D eigenvalue weighted by molar-refractivity contribution is 7.53. The Morgan fingerprint density at radius 1 is 1.15 bits per heavy atom. The molecule has 0 amide bonds. The molecule has 1 atom stereocenters. The van der Waals surface area contributed by atoms with Gasteiger partial charge in [-0.05, 0) is 34.6 Å². The molecular weight excluding hydrogens is 281 g/mol. The van der Waals surface area contributed by atoms with Crippen LogP contribution in [0.3, 0.4) is 0 Å². The number of rotatable bonds is 11. The van der Waals surface area contributed by atoms with Crippen LogP contribution in [0.1, 0.15) is 34.6 Å². The number of hydrogen-bond donors (Lipinski definition) is 2. The summed E-state index contributed by atoms with van der Waals surface area (Å²) in [5.41, 5.74) is -0.0530. The Morgan fingerprint density at radius 2 is 1.75 bits per heavy atom. The van der Waals surface area contributed by atoms with E-state index in [1.807, 2.05) is 34.6 Å². The predicted molar refractivity (Wildman–Crippen MR) is 80.3 cm³/mol. The van der Waals surface area contributed by atoms with Crippen molar-refractivity contribution in [3.05, 3.63) is 0 Å². The molecule has 0 fully saturated rings. The van der Waals surface area contributed by atoms with E-state index in [0.29, 0.717) is 13.2 Å². The lowest BCUT2D eigenvalue weighted by Crippen LogP contribution is -2.37. The minimum absolute atomic E-state index is 0.0117. The maximum atomic E-state index is 12.5. The second-order valence-corrected chi connectivity index (χ2v) is 8.01. The Hall–Kier alpha value is 0.0300. The van der Waals surface area contributed by atoms with Gasteiger partial charge in [0.1, 0.15) is 0 Å². The topological polar surface area (TPSA) is 77.0 Å². The van der Waals surface area contributed by atoms with Crippen LogP contribution >= 0.6 is 7.60 Å². The third-order valence-electron chi connectivity index (χ3n) is 2.24. The summed E-state index contributed by atoms with van der Waals surface area (Å²) in [6.45, 7) is 10.9. The molecule has 1 unspecified atom stereocenters. The highest BCUT2D eigenvalue weighted by atomic mass is 31.2. The fourth-order valence-corrected chi connectivity index (χ4v) is 2.81. The van der Waals surface area contributed by atoms with Gasteiger partial charge in [0.15, 0.2) is 0 Å². The first kappa shape index (κ1) is 20.0. The molecule has 0 heterocycles. The summed E-state index contributed by atoms with van der Waals surface area (Å²) in [7, 11) is -3.18. The summed E-state index contributed by atoms with van der Waals surface area (Å²) in [5.74, 6) is 0. The molecule has 7 heteroatoms. The maximum Gasteiger partial charge on any atom is 0.332 e. The molecule has 0 aliphatic rings. The second-order valence-electron chi connectivity index (χ2n) is 5.82. The van der Waals surface area contributed by atoms with E-state index in [2.05, 4.69) is 5.32 Å². The molecule has 0 saturated heterocycles. The van der Waals surface area contributed by atoms with Crippen LogP contribution in [0.15, 0.2) is 0 Å². The van der Waals surface area contributed by atoms with Gasteiger partial charge >= 0.3 is 7.60 Å². The van der Waals surface area contributed by atoms with Gasteiger partial charge < -0.3 is 24.2 Å². The van der Waals surface area contributed by atoms with Crippen LogP contribution in [-0.4, -0.2) is 55.9 Å². The minimum atomic E-state index is -3.18. The number of aliphatic hydroxyl groups is 1. The fourth-order valence-electron chi connectivity index (χ4n) is 1.37. The van der Waals surface area contributed by atoms with E-state index in [-0.39, 0.29) is 37.6 Å². The number of hydrogen-bond acceptors (Lipinski definition) is 6. The van der Waals surface area contributed by atoms with Gasteiger partial charge in [-0.3, -0.25) is 4.57 Å². The minimum Gasteiger partial charge on any atom is -0.394 e. The maximum absolute atomic E-state index is 12.5. The van der Waals surface area contributed by atoms with Crippen LogP contribution in [0, 0.1) is 0 Å². The fraction of sp³-hybridized carbons (Fsp3) is 1.00. The summed E-state index contributed by atoms with van der Waals surface area (Å²) in [6, 6.07) is 0. The van der Waals surface area contributed by atoms with E-state index in [0.717, 1.165) is 0 Å². The van der Waals surface area contributed by atoms with Crippen molar-refractivity contribution in [3.63, 3.8) is 0 Å². The van der Waals surface area contributed by atoms with E-state index in [1.54, 1.807) is 0 Å². The van der Waals surface area contributed by atoms with Crippen LogP contribution in [0.4, 0.5) is 0 Å². The molecule has 122 valence electrons. The monoisotopic (exact) mass is 311 g/mol. The average molecular weight is 311 g/mol. The zero-order valence-corrected chi connectivity index (χ0v) is 14.2. The number of ether oxygens (including phenoxy) is 1. The molecule has 0 aliphatic carbocycles. The van der Waals surface area contributed by atoms with E-state index >= 15 is 0 Å². The second kappa shape index (κ2) is 9.87. The lowest BCUT2D eigenvalue weighted by molar-refractivity contribution is 0.0490. The molecule has 0 aromatic rings. The van der Waals surface area contributed by atoms with Crippen molar-refractivity contribution in [2.45, 2.75) is 46.3 Å². The third-order valence-corrected chi connectivity index (χ3v) is 4.17. The van der Waals surface area contributed by atoms with Gasteiger partial charge in [-0.25, -0.2) is 0 Å². The lowest BCUT2D eigenvalue weighted by atomic mass is 10.1. The number of aliphatic hydroxyl groups excluding tert-OH is 1. The lowest BCUT2D eigenvalue weighted by Gasteiger charge is -2.23. The molecule has 0 spiro atoms. The SMILES string of the molecule is CC(C)OCCOP(=O)(CCNC(C)(C)C)OCCO. The Bertz CT molecular complexity index is 291. The largest absolute Gasteiger partial charge is 0.394 e. The van der Waals surface area contributed by atoms with E-state index in [9.17, 15) is 4.57 Å². The van der Waals surface area contributed by atoms with Gasteiger partial charge in [-0.2, -0.15) is 0 Å². The zero-order chi connectivity index (χ0) is 15.6. The standard InChI is InChI=1S/C13H30NO5P/c1-12(2)17-9-10-19-20(16,18-8-7-15)11-6-14-13(3,4)5/h12,14-15H,6-11H2,1-5H3. The molecular formula is C13H30NO5P.